The van der Waals surface area contributed by atoms with Crippen molar-refractivity contribution in [3.8, 4) is 0 Å². The minimum atomic E-state index is 0.822. The molecule has 62 valence electrons. The fourth-order valence-corrected chi connectivity index (χ4v) is 0.589. The maximum absolute atomic E-state index is 5.36. The summed E-state index contributed by atoms with van der Waals surface area (Å²) in [6.07, 6.45) is 2.60. The van der Waals surface area contributed by atoms with Gasteiger partial charge in [-0.2, -0.15) is 0 Å². The Labute approximate surface area is 70.0 Å². The summed E-state index contributed by atoms with van der Waals surface area (Å²) in [4.78, 5) is 3.44. The molecule has 12 heavy (non-hydrogen) atoms. The number of para-hydroxylation sites is 1. The monoisotopic (exact) mass is 163 g/mol. The smallest absolute Gasteiger partial charge is 0.213 e. The van der Waals surface area contributed by atoms with Crippen LogP contribution in [0.3, 0.4) is 0 Å². The minimum Gasteiger partial charge on any atom is -0.399 e. The van der Waals surface area contributed by atoms with Gasteiger partial charge in [-0.25, -0.2) is 4.98 Å². The molecule has 0 fully saturated rings. The van der Waals surface area contributed by atoms with Crippen LogP contribution in [0, 0.1) is 0 Å². The third-order valence-corrected chi connectivity index (χ3v) is 1.08. The second-order valence-electron chi connectivity index (χ2n) is 1.99. The molecule has 0 spiro atoms. The number of aromatic nitrogens is 2. The van der Waals surface area contributed by atoms with Gasteiger partial charge in [-0.1, -0.05) is 23.4 Å². The Morgan fingerprint density at radius 3 is 2.17 bits per heavy atom. The summed E-state index contributed by atoms with van der Waals surface area (Å²) < 4.78 is 4.22. The number of nitrogens with zero attached hydrogens (tertiary/aromatic N) is 2. The molecule has 4 heteroatoms. The molecular formula is C8H9N3O. The van der Waals surface area contributed by atoms with Crippen LogP contribution in [-0.4, -0.2) is 10.1 Å². The fourth-order valence-electron chi connectivity index (χ4n) is 0.589. The molecule has 0 radical (unpaired) electrons. The zero-order valence-electron chi connectivity index (χ0n) is 6.42. The molecule has 0 saturated carbocycles. The quantitative estimate of drug-likeness (QED) is 0.595. The molecule has 2 aromatic rings. The lowest BCUT2D eigenvalue weighted by atomic mass is 10.3. The van der Waals surface area contributed by atoms with Gasteiger partial charge >= 0.3 is 0 Å². The van der Waals surface area contributed by atoms with Crippen LogP contribution in [0.5, 0.6) is 0 Å². The van der Waals surface area contributed by atoms with Crippen molar-refractivity contribution >= 4 is 5.69 Å². The van der Waals surface area contributed by atoms with E-state index in [2.05, 4.69) is 14.7 Å². The highest BCUT2D eigenvalue weighted by molar-refractivity contribution is 5.35. The standard InChI is InChI=1S/C6H7N.C2H2N2O/c7-6-4-2-1-3-5-6;1-3-2-5-4-1/h1-5H,7H2;1-2H. The van der Waals surface area contributed by atoms with Gasteiger partial charge in [0.15, 0.2) is 6.33 Å². The lowest BCUT2D eigenvalue weighted by molar-refractivity contribution is 0.416. The lowest BCUT2D eigenvalue weighted by Gasteiger charge is -1.83. The van der Waals surface area contributed by atoms with E-state index in [0.717, 1.165) is 5.69 Å². The average molecular weight is 163 g/mol. The van der Waals surface area contributed by atoms with Gasteiger partial charge in [0.1, 0.15) is 0 Å². The van der Waals surface area contributed by atoms with Gasteiger partial charge in [0.25, 0.3) is 0 Å². The maximum Gasteiger partial charge on any atom is 0.213 e. The van der Waals surface area contributed by atoms with Crippen LogP contribution in [0.2, 0.25) is 0 Å². The molecule has 0 saturated heterocycles. The molecule has 0 bridgehead atoms. The van der Waals surface area contributed by atoms with E-state index < -0.39 is 0 Å². The third kappa shape index (κ3) is 3.36. The summed E-state index contributed by atoms with van der Waals surface area (Å²) in [5.74, 6) is 0. The molecule has 4 nitrogen and oxygen atoms in total. The van der Waals surface area contributed by atoms with Crippen LogP contribution in [0.1, 0.15) is 0 Å². The molecule has 0 aliphatic heterocycles. The molecule has 0 atom stereocenters. The van der Waals surface area contributed by atoms with Crippen LogP contribution < -0.4 is 5.73 Å². The molecule has 2 rings (SSSR count). The van der Waals surface area contributed by atoms with Gasteiger partial charge in [0.2, 0.25) is 6.39 Å². The number of benzene rings is 1. The summed E-state index contributed by atoms with van der Waals surface area (Å²) in [7, 11) is 0. The number of nitrogens with two attached hydrogens (primary N) is 1. The SMILES string of the molecule is Nc1ccccc1.c1ncon1. The number of hydrogen-bond acceptors (Lipinski definition) is 4. The van der Waals surface area contributed by atoms with Crippen molar-refractivity contribution < 1.29 is 4.52 Å². The number of nitrogen functional groups attached to an aromatic ring is 1. The zero-order valence-corrected chi connectivity index (χ0v) is 6.42. The average Bonchev–Trinajstić information content (AvgIpc) is 2.62. The number of rotatable bonds is 0. The maximum atomic E-state index is 5.36. The molecule has 1 aromatic heterocycles. The van der Waals surface area contributed by atoms with E-state index in [1.54, 1.807) is 0 Å². The van der Waals surface area contributed by atoms with Crippen molar-refractivity contribution in [2.75, 3.05) is 5.73 Å². The van der Waals surface area contributed by atoms with E-state index in [1.165, 1.54) is 12.7 Å². The first-order valence-electron chi connectivity index (χ1n) is 3.39. The molecule has 0 unspecified atom stereocenters. The number of hydrogen-bond donors (Lipinski definition) is 1. The van der Waals surface area contributed by atoms with Crippen LogP contribution in [0.15, 0.2) is 47.6 Å². The largest absolute Gasteiger partial charge is 0.399 e. The third-order valence-electron chi connectivity index (χ3n) is 1.08. The van der Waals surface area contributed by atoms with Crippen molar-refractivity contribution in [1.29, 1.82) is 0 Å². The van der Waals surface area contributed by atoms with E-state index in [1.807, 2.05) is 30.3 Å². The highest BCUT2D eigenvalue weighted by atomic mass is 16.5. The Kier molecular flexibility index (Phi) is 3.37. The van der Waals surface area contributed by atoms with Crippen molar-refractivity contribution in [2.45, 2.75) is 0 Å². The highest BCUT2D eigenvalue weighted by Gasteiger charge is 1.72. The Hall–Kier alpha value is -1.84. The Morgan fingerprint density at radius 2 is 1.92 bits per heavy atom. The van der Waals surface area contributed by atoms with Gasteiger partial charge in [-0.05, 0) is 12.1 Å². The summed E-state index contributed by atoms with van der Waals surface area (Å²) in [5, 5.41) is 3.24. The molecule has 0 aliphatic carbocycles. The Bertz CT molecular complexity index is 263. The fraction of sp³-hybridized carbons (Fsp3) is 0. The van der Waals surface area contributed by atoms with Crippen LogP contribution in [0.4, 0.5) is 5.69 Å². The predicted octanol–water partition coefficient (Wildman–Crippen LogP) is 1.34. The van der Waals surface area contributed by atoms with E-state index >= 15 is 0 Å². The van der Waals surface area contributed by atoms with Gasteiger partial charge in [-0.3, -0.25) is 0 Å². The van der Waals surface area contributed by atoms with E-state index in [4.69, 9.17) is 5.73 Å². The van der Waals surface area contributed by atoms with Crippen molar-refractivity contribution in [1.82, 2.24) is 10.1 Å². The zero-order chi connectivity index (χ0) is 8.65. The second kappa shape index (κ2) is 4.90. The Balaban J connectivity index is 0.000000127. The Morgan fingerprint density at radius 1 is 1.17 bits per heavy atom. The van der Waals surface area contributed by atoms with Crippen molar-refractivity contribution in [3.05, 3.63) is 43.1 Å². The van der Waals surface area contributed by atoms with Crippen LogP contribution >= 0.6 is 0 Å². The molecule has 2 N–H and O–H groups in total. The van der Waals surface area contributed by atoms with Gasteiger partial charge < -0.3 is 10.3 Å². The molecular weight excluding hydrogens is 154 g/mol. The minimum absolute atomic E-state index is 0.822. The van der Waals surface area contributed by atoms with E-state index in [-0.39, 0.29) is 0 Å². The second-order valence-corrected chi connectivity index (χ2v) is 1.99. The van der Waals surface area contributed by atoms with Crippen molar-refractivity contribution in [2.24, 2.45) is 0 Å². The first kappa shape index (κ1) is 8.26. The van der Waals surface area contributed by atoms with Crippen LogP contribution in [0.25, 0.3) is 0 Å². The van der Waals surface area contributed by atoms with E-state index in [0.29, 0.717) is 0 Å². The predicted molar refractivity (Wildman–Crippen MR) is 45.2 cm³/mol. The van der Waals surface area contributed by atoms with E-state index in [9.17, 15) is 0 Å². The summed E-state index contributed by atoms with van der Waals surface area (Å²) >= 11 is 0. The summed E-state index contributed by atoms with van der Waals surface area (Å²) in [6, 6.07) is 9.49. The van der Waals surface area contributed by atoms with Gasteiger partial charge in [-0.15, -0.1) is 0 Å². The first-order valence-corrected chi connectivity index (χ1v) is 3.39. The van der Waals surface area contributed by atoms with Crippen LogP contribution in [-0.2, 0) is 0 Å². The first-order chi connectivity index (χ1) is 5.89. The topological polar surface area (TPSA) is 64.9 Å². The molecule has 0 aliphatic rings. The normalized spacial score (nSPS) is 8.33. The molecule has 1 aromatic carbocycles. The lowest BCUT2D eigenvalue weighted by Crippen LogP contribution is -1.79. The summed E-state index contributed by atoms with van der Waals surface area (Å²) in [5.41, 5.74) is 6.18. The molecule has 0 amide bonds. The highest BCUT2D eigenvalue weighted by Crippen LogP contribution is 1.95. The number of anilines is 1. The molecule has 1 heterocycles. The summed E-state index contributed by atoms with van der Waals surface area (Å²) in [6.45, 7) is 0. The van der Waals surface area contributed by atoms with Gasteiger partial charge in [0, 0.05) is 5.69 Å². The van der Waals surface area contributed by atoms with Crippen molar-refractivity contribution in [3.63, 3.8) is 0 Å². The van der Waals surface area contributed by atoms with Gasteiger partial charge in [0.05, 0.1) is 0 Å².